The molecule has 24 heavy (non-hydrogen) atoms. The van der Waals surface area contributed by atoms with Crippen LogP contribution in [0, 0.1) is 0 Å². The zero-order valence-electron chi connectivity index (χ0n) is 17.8. The average molecular weight is 341 g/mol. The first kappa shape index (κ1) is 23.9. The molecule has 0 rings (SSSR count). The number of hydrogen-bond acceptors (Lipinski definition) is 2. The van der Waals surface area contributed by atoms with Gasteiger partial charge in [-0.2, -0.15) is 0 Å². The monoisotopic (exact) mass is 340 g/mol. The van der Waals surface area contributed by atoms with E-state index in [9.17, 15) is 0 Å². The largest absolute Gasteiger partial charge is 0.288 e. The summed E-state index contributed by atoms with van der Waals surface area (Å²) in [5.74, 6) is 0. The van der Waals surface area contributed by atoms with Crippen LogP contribution in [0.1, 0.15) is 112 Å². The number of hydrogen-bond donors (Lipinski definition) is 0. The minimum Gasteiger partial charge on any atom is -0.288 e. The Morgan fingerprint density at radius 2 is 0.792 bits per heavy atom. The van der Waals surface area contributed by atoms with Gasteiger partial charge in [0.2, 0.25) is 0 Å². The van der Waals surface area contributed by atoms with Gasteiger partial charge in [-0.3, -0.25) is 9.80 Å². The van der Waals surface area contributed by atoms with Crippen molar-refractivity contribution in [3.8, 4) is 0 Å². The molecule has 0 N–H and O–H groups in total. The molecule has 0 saturated heterocycles. The van der Waals surface area contributed by atoms with Crippen molar-refractivity contribution in [2.75, 3.05) is 26.2 Å². The van der Waals surface area contributed by atoms with Crippen molar-refractivity contribution in [1.29, 1.82) is 0 Å². The summed E-state index contributed by atoms with van der Waals surface area (Å²) < 4.78 is 0. The second-order valence-electron chi connectivity index (χ2n) is 7.25. The third kappa shape index (κ3) is 11.5. The second kappa shape index (κ2) is 17.7. The fourth-order valence-electron chi connectivity index (χ4n) is 3.88. The third-order valence-corrected chi connectivity index (χ3v) is 5.53. The predicted molar refractivity (Wildman–Crippen MR) is 111 cm³/mol. The number of unbranched alkanes of at least 4 members (excludes halogenated alkanes) is 10. The molecule has 0 aliphatic carbocycles. The molecule has 0 unspecified atom stereocenters. The summed E-state index contributed by atoms with van der Waals surface area (Å²) in [5, 5.41) is 0. The van der Waals surface area contributed by atoms with Crippen LogP contribution in [0.3, 0.4) is 0 Å². The Morgan fingerprint density at radius 1 is 0.458 bits per heavy atom. The zero-order chi connectivity index (χ0) is 18.0. The lowest BCUT2D eigenvalue weighted by Gasteiger charge is -2.38. The van der Waals surface area contributed by atoms with Crippen LogP contribution in [0.5, 0.6) is 0 Å². The third-order valence-electron chi connectivity index (χ3n) is 5.53. The fraction of sp³-hybridized carbons (Fsp3) is 1.00. The van der Waals surface area contributed by atoms with Crippen LogP contribution in [-0.2, 0) is 0 Å². The lowest BCUT2D eigenvalue weighted by molar-refractivity contribution is 0.0482. The van der Waals surface area contributed by atoms with Gasteiger partial charge in [0.05, 0.1) is 6.17 Å². The van der Waals surface area contributed by atoms with Gasteiger partial charge in [0.25, 0.3) is 0 Å². The van der Waals surface area contributed by atoms with Gasteiger partial charge in [-0.25, -0.2) is 0 Å². The van der Waals surface area contributed by atoms with Crippen molar-refractivity contribution in [2.24, 2.45) is 0 Å². The zero-order valence-corrected chi connectivity index (χ0v) is 17.8. The predicted octanol–water partition coefficient (Wildman–Crippen LogP) is 6.70. The Morgan fingerprint density at radius 3 is 1.12 bits per heavy atom. The Bertz CT molecular complexity index is 222. The van der Waals surface area contributed by atoms with Gasteiger partial charge in [0, 0.05) is 0 Å². The summed E-state index contributed by atoms with van der Waals surface area (Å²) in [5.41, 5.74) is 0. The highest BCUT2D eigenvalue weighted by Gasteiger charge is 2.20. The molecule has 2 nitrogen and oxygen atoms in total. The Hall–Kier alpha value is -0.0800. The number of nitrogens with zero attached hydrogens (tertiary/aromatic N) is 2. The summed E-state index contributed by atoms with van der Waals surface area (Å²) in [6, 6.07) is 0. The highest BCUT2D eigenvalue weighted by molar-refractivity contribution is 4.71. The summed E-state index contributed by atoms with van der Waals surface area (Å²) in [7, 11) is 0. The van der Waals surface area contributed by atoms with E-state index in [1.54, 1.807) is 0 Å². The van der Waals surface area contributed by atoms with Crippen LogP contribution < -0.4 is 0 Å². The van der Waals surface area contributed by atoms with Crippen molar-refractivity contribution >= 4 is 0 Å². The van der Waals surface area contributed by atoms with Crippen LogP contribution in [0.15, 0.2) is 0 Å². The first-order chi connectivity index (χ1) is 11.7. The molecule has 146 valence electrons. The molecule has 0 atom stereocenters. The van der Waals surface area contributed by atoms with E-state index in [1.807, 2.05) is 0 Å². The SMILES string of the molecule is CCCCCCCCCCCCCC(N(CC)CC)N(CC)CC. The molecule has 0 spiro atoms. The van der Waals surface area contributed by atoms with Crippen molar-refractivity contribution in [2.45, 2.75) is 118 Å². The van der Waals surface area contributed by atoms with Gasteiger partial charge in [-0.1, -0.05) is 105 Å². The molecule has 0 amide bonds. The average Bonchev–Trinajstić information content (AvgIpc) is 2.61. The molecule has 0 aliphatic rings. The summed E-state index contributed by atoms with van der Waals surface area (Å²) in [4.78, 5) is 5.28. The maximum atomic E-state index is 2.64. The van der Waals surface area contributed by atoms with E-state index < -0.39 is 0 Å². The minimum absolute atomic E-state index is 0.661. The molecule has 0 aromatic heterocycles. The van der Waals surface area contributed by atoms with E-state index in [0.29, 0.717) is 6.17 Å². The molecular weight excluding hydrogens is 292 g/mol. The fourth-order valence-corrected chi connectivity index (χ4v) is 3.88. The summed E-state index contributed by atoms with van der Waals surface area (Å²) >= 11 is 0. The number of rotatable bonds is 18. The van der Waals surface area contributed by atoms with Crippen molar-refractivity contribution in [3.63, 3.8) is 0 Å². The minimum atomic E-state index is 0.661. The molecule has 0 aromatic rings. The molecule has 0 bridgehead atoms. The lowest BCUT2D eigenvalue weighted by atomic mass is 10.0. The van der Waals surface area contributed by atoms with Crippen LogP contribution >= 0.6 is 0 Å². The van der Waals surface area contributed by atoms with E-state index in [2.05, 4.69) is 44.4 Å². The van der Waals surface area contributed by atoms with Gasteiger partial charge >= 0.3 is 0 Å². The van der Waals surface area contributed by atoms with Crippen LogP contribution in [-0.4, -0.2) is 42.1 Å². The first-order valence-electron chi connectivity index (χ1n) is 11.2. The molecule has 2 heteroatoms. The van der Waals surface area contributed by atoms with Crippen LogP contribution in [0.4, 0.5) is 0 Å². The van der Waals surface area contributed by atoms with Gasteiger partial charge in [-0.05, 0) is 32.6 Å². The van der Waals surface area contributed by atoms with Gasteiger partial charge in [0.15, 0.2) is 0 Å². The lowest BCUT2D eigenvalue weighted by Crippen LogP contribution is -2.48. The van der Waals surface area contributed by atoms with Crippen molar-refractivity contribution in [3.05, 3.63) is 0 Å². The molecule has 0 aromatic carbocycles. The van der Waals surface area contributed by atoms with Gasteiger partial charge < -0.3 is 0 Å². The second-order valence-corrected chi connectivity index (χ2v) is 7.25. The van der Waals surface area contributed by atoms with Gasteiger partial charge in [-0.15, -0.1) is 0 Å². The molecule has 0 saturated carbocycles. The normalized spacial score (nSPS) is 12.0. The maximum absolute atomic E-state index is 2.64. The Kier molecular flexibility index (Phi) is 17.7. The molecule has 0 aliphatic heterocycles. The van der Waals surface area contributed by atoms with E-state index in [1.165, 1.54) is 103 Å². The summed E-state index contributed by atoms with van der Waals surface area (Å²) in [6.45, 7) is 16.2. The Labute approximate surface area is 154 Å². The quantitative estimate of drug-likeness (QED) is 0.202. The van der Waals surface area contributed by atoms with E-state index in [4.69, 9.17) is 0 Å². The van der Waals surface area contributed by atoms with E-state index in [-0.39, 0.29) is 0 Å². The first-order valence-corrected chi connectivity index (χ1v) is 11.2. The van der Waals surface area contributed by atoms with E-state index >= 15 is 0 Å². The highest BCUT2D eigenvalue weighted by atomic mass is 15.3. The smallest absolute Gasteiger partial charge is 0.0622 e. The van der Waals surface area contributed by atoms with Crippen molar-refractivity contribution < 1.29 is 0 Å². The van der Waals surface area contributed by atoms with Gasteiger partial charge in [0.1, 0.15) is 0 Å². The van der Waals surface area contributed by atoms with Crippen molar-refractivity contribution in [1.82, 2.24) is 9.80 Å². The molecule has 0 radical (unpaired) electrons. The van der Waals surface area contributed by atoms with Crippen LogP contribution in [0.2, 0.25) is 0 Å². The summed E-state index contributed by atoms with van der Waals surface area (Å²) in [6.07, 6.45) is 17.8. The Balaban J connectivity index is 3.76. The molecule has 0 fully saturated rings. The van der Waals surface area contributed by atoms with E-state index in [0.717, 1.165) is 0 Å². The molecular formula is C22H48N2. The van der Waals surface area contributed by atoms with Crippen LogP contribution in [0.25, 0.3) is 0 Å². The maximum Gasteiger partial charge on any atom is 0.0622 e. The molecule has 0 heterocycles. The topological polar surface area (TPSA) is 6.48 Å². The highest BCUT2D eigenvalue weighted by Crippen LogP contribution is 2.16. The standard InChI is InChI=1S/C22H48N2/c1-6-11-12-13-14-15-16-17-18-19-20-21-22(23(7-2)8-3)24(9-4)10-5/h22H,6-21H2,1-5H3.